The minimum atomic E-state index is -3.91. The number of hydrogen-bond donors (Lipinski definition) is 1. The van der Waals surface area contributed by atoms with E-state index in [0.717, 1.165) is 20.8 Å². The molecule has 0 bridgehead atoms. The van der Waals surface area contributed by atoms with Crippen molar-refractivity contribution in [2.45, 2.75) is 25.5 Å². The highest BCUT2D eigenvalue weighted by Crippen LogP contribution is 2.17. The molecule has 0 fully saturated rings. The Morgan fingerprint density at radius 1 is 1.31 bits per heavy atom. The molecule has 0 aliphatic carbocycles. The van der Waals surface area contributed by atoms with Crippen molar-refractivity contribution in [3.05, 3.63) is 0 Å². The number of aliphatic carboxylic acids is 1. The van der Waals surface area contributed by atoms with Crippen LogP contribution in [-0.4, -0.2) is 35.8 Å². The standard InChI is InChI=1S/C7H12O5S/c1-5(8)4-13(11,12)7(2,3)6(9)10/h4H2,1-3H3,(H,9,10). The average molecular weight is 208 g/mol. The van der Waals surface area contributed by atoms with Gasteiger partial charge in [-0.1, -0.05) is 0 Å². The van der Waals surface area contributed by atoms with Crippen LogP contribution in [-0.2, 0) is 19.4 Å². The molecular weight excluding hydrogens is 196 g/mol. The fourth-order valence-corrected chi connectivity index (χ4v) is 1.74. The molecule has 0 aliphatic heterocycles. The molecule has 0 aromatic heterocycles. The van der Waals surface area contributed by atoms with Crippen LogP contribution in [0.15, 0.2) is 0 Å². The Morgan fingerprint density at radius 3 is 1.92 bits per heavy atom. The lowest BCUT2D eigenvalue weighted by Gasteiger charge is -2.18. The monoisotopic (exact) mass is 208 g/mol. The second-order valence-corrected chi connectivity index (χ2v) is 5.82. The van der Waals surface area contributed by atoms with Crippen molar-refractivity contribution in [2.24, 2.45) is 0 Å². The molecule has 0 radical (unpaired) electrons. The van der Waals surface area contributed by atoms with Crippen LogP contribution in [0.4, 0.5) is 0 Å². The summed E-state index contributed by atoms with van der Waals surface area (Å²) in [5.74, 6) is -2.74. The third-order valence-corrected chi connectivity index (χ3v) is 4.20. The van der Waals surface area contributed by atoms with E-state index in [0.29, 0.717) is 0 Å². The van der Waals surface area contributed by atoms with Crippen LogP contribution in [0.25, 0.3) is 0 Å². The fourth-order valence-electron chi connectivity index (χ4n) is 0.581. The third-order valence-electron chi connectivity index (χ3n) is 1.69. The van der Waals surface area contributed by atoms with Crippen molar-refractivity contribution in [1.29, 1.82) is 0 Å². The largest absolute Gasteiger partial charge is 0.480 e. The molecule has 0 aromatic carbocycles. The summed E-state index contributed by atoms with van der Waals surface area (Å²) in [6.45, 7) is 3.23. The average Bonchev–Trinajstić information content (AvgIpc) is 1.83. The van der Waals surface area contributed by atoms with Crippen molar-refractivity contribution in [3.8, 4) is 0 Å². The lowest BCUT2D eigenvalue weighted by atomic mass is 10.2. The maximum Gasteiger partial charge on any atom is 0.324 e. The summed E-state index contributed by atoms with van der Waals surface area (Å²) in [7, 11) is -3.91. The van der Waals surface area contributed by atoms with Gasteiger partial charge in [0.2, 0.25) is 0 Å². The number of hydrogen-bond acceptors (Lipinski definition) is 4. The first-order chi connectivity index (χ1) is 5.61. The predicted molar refractivity (Wildman–Crippen MR) is 46.2 cm³/mol. The van der Waals surface area contributed by atoms with Gasteiger partial charge >= 0.3 is 5.97 Å². The number of carboxylic acid groups (broad SMARTS) is 1. The van der Waals surface area contributed by atoms with Crippen molar-refractivity contribution in [1.82, 2.24) is 0 Å². The van der Waals surface area contributed by atoms with E-state index in [9.17, 15) is 18.0 Å². The van der Waals surface area contributed by atoms with Gasteiger partial charge in [0.15, 0.2) is 14.6 Å². The number of sulfone groups is 1. The highest BCUT2D eigenvalue weighted by atomic mass is 32.2. The zero-order valence-electron chi connectivity index (χ0n) is 7.70. The van der Waals surface area contributed by atoms with Gasteiger partial charge in [-0.25, -0.2) is 8.42 Å². The van der Waals surface area contributed by atoms with Gasteiger partial charge in [0.25, 0.3) is 0 Å². The molecule has 5 nitrogen and oxygen atoms in total. The van der Waals surface area contributed by atoms with Gasteiger partial charge in [-0.05, 0) is 20.8 Å². The molecular formula is C7H12O5S. The summed E-state index contributed by atoms with van der Waals surface area (Å²) in [5.41, 5.74) is 0. The lowest BCUT2D eigenvalue weighted by molar-refractivity contribution is -0.139. The molecule has 0 spiro atoms. The van der Waals surface area contributed by atoms with Gasteiger partial charge in [0.1, 0.15) is 11.5 Å². The zero-order valence-corrected chi connectivity index (χ0v) is 8.51. The van der Waals surface area contributed by atoms with Gasteiger partial charge in [-0.15, -0.1) is 0 Å². The summed E-state index contributed by atoms with van der Waals surface area (Å²) < 4.78 is 20.7. The van der Waals surface area contributed by atoms with Crippen molar-refractivity contribution < 1.29 is 23.1 Å². The number of carboxylic acids is 1. The summed E-state index contributed by atoms with van der Waals surface area (Å²) >= 11 is 0. The maximum atomic E-state index is 11.3. The molecule has 0 saturated heterocycles. The Morgan fingerprint density at radius 2 is 1.69 bits per heavy atom. The van der Waals surface area contributed by atoms with E-state index in [1.807, 2.05) is 0 Å². The van der Waals surface area contributed by atoms with E-state index >= 15 is 0 Å². The van der Waals surface area contributed by atoms with Crippen LogP contribution in [0.1, 0.15) is 20.8 Å². The Kier molecular flexibility index (Phi) is 3.21. The van der Waals surface area contributed by atoms with Gasteiger partial charge in [0.05, 0.1) is 0 Å². The van der Waals surface area contributed by atoms with Crippen LogP contribution in [0.5, 0.6) is 0 Å². The fraction of sp³-hybridized carbons (Fsp3) is 0.714. The maximum absolute atomic E-state index is 11.3. The SMILES string of the molecule is CC(=O)CS(=O)(=O)C(C)(C)C(=O)O. The van der Waals surface area contributed by atoms with Gasteiger partial charge in [-0.3, -0.25) is 9.59 Å². The second kappa shape index (κ2) is 3.45. The van der Waals surface area contributed by atoms with E-state index < -0.39 is 32.1 Å². The highest BCUT2D eigenvalue weighted by Gasteiger charge is 2.42. The molecule has 0 unspecified atom stereocenters. The number of Topliss-reactive ketones (excluding diaryl/α,β-unsaturated/α-hetero) is 1. The number of ketones is 1. The summed E-state index contributed by atoms with van der Waals surface area (Å²) in [5, 5.41) is 8.60. The quantitative estimate of drug-likeness (QED) is 0.694. The lowest BCUT2D eigenvalue weighted by Crippen LogP contribution is -2.43. The first-order valence-electron chi connectivity index (χ1n) is 3.56. The number of carbonyl (C=O) groups excluding carboxylic acids is 1. The van der Waals surface area contributed by atoms with Crippen molar-refractivity contribution in [3.63, 3.8) is 0 Å². The normalized spacial score (nSPS) is 12.5. The summed E-state index contributed by atoms with van der Waals surface area (Å²) in [4.78, 5) is 21.1. The molecule has 0 aliphatic rings. The molecule has 0 atom stereocenters. The molecule has 0 amide bonds. The van der Waals surface area contributed by atoms with Gasteiger partial charge in [-0.2, -0.15) is 0 Å². The van der Waals surface area contributed by atoms with Crippen LogP contribution in [0, 0.1) is 0 Å². The van der Waals surface area contributed by atoms with Gasteiger partial charge in [0, 0.05) is 0 Å². The molecule has 1 N–H and O–H groups in total. The van der Waals surface area contributed by atoms with Crippen LogP contribution in [0.3, 0.4) is 0 Å². The smallest absolute Gasteiger partial charge is 0.324 e. The Hall–Kier alpha value is -0.910. The number of carbonyl (C=O) groups is 2. The Labute approximate surface area is 76.7 Å². The molecule has 0 aromatic rings. The van der Waals surface area contributed by atoms with E-state index in [2.05, 4.69) is 0 Å². The van der Waals surface area contributed by atoms with E-state index in [1.54, 1.807) is 0 Å². The summed E-state index contributed by atoms with van der Waals surface area (Å²) in [6.07, 6.45) is 0. The number of rotatable bonds is 4. The molecule has 6 heteroatoms. The molecule has 13 heavy (non-hydrogen) atoms. The second-order valence-electron chi connectivity index (χ2n) is 3.28. The molecule has 76 valence electrons. The molecule has 0 saturated carbocycles. The van der Waals surface area contributed by atoms with Crippen LogP contribution in [0.2, 0.25) is 0 Å². The topological polar surface area (TPSA) is 88.5 Å². The van der Waals surface area contributed by atoms with Crippen molar-refractivity contribution >= 4 is 21.6 Å². The Balaban J connectivity index is 5.06. The van der Waals surface area contributed by atoms with E-state index in [-0.39, 0.29) is 0 Å². The Bertz CT molecular complexity index is 325. The highest BCUT2D eigenvalue weighted by molar-refractivity contribution is 7.94. The molecule has 0 rings (SSSR count). The first kappa shape index (κ1) is 12.1. The van der Waals surface area contributed by atoms with Gasteiger partial charge < -0.3 is 5.11 Å². The summed E-state index contributed by atoms with van der Waals surface area (Å²) in [6, 6.07) is 0. The van der Waals surface area contributed by atoms with E-state index in [4.69, 9.17) is 5.11 Å². The van der Waals surface area contributed by atoms with E-state index in [1.165, 1.54) is 0 Å². The predicted octanol–water partition coefficient (Wildman–Crippen LogP) is -0.147. The minimum Gasteiger partial charge on any atom is -0.480 e. The zero-order chi connectivity index (χ0) is 10.9. The van der Waals surface area contributed by atoms with Crippen LogP contribution >= 0.6 is 0 Å². The van der Waals surface area contributed by atoms with Crippen LogP contribution < -0.4 is 0 Å². The third kappa shape index (κ3) is 2.51. The van der Waals surface area contributed by atoms with Crippen molar-refractivity contribution in [2.75, 3.05) is 5.75 Å². The molecule has 0 heterocycles. The first-order valence-corrected chi connectivity index (χ1v) is 5.21. The minimum absolute atomic E-state index is 0.561.